The quantitative estimate of drug-likeness (QED) is 0.551. The number of fused-ring (bicyclic) bond motifs is 1. The number of sulfonamides is 1. The number of aryl methyl sites for hydroxylation is 2. The van der Waals surface area contributed by atoms with Crippen LogP contribution in [0.2, 0.25) is 0 Å². The lowest BCUT2D eigenvalue weighted by Crippen LogP contribution is -2.38. The molecular weight excluding hydrogens is 454 g/mol. The van der Waals surface area contributed by atoms with E-state index in [0.717, 1.165) is 22.6 Å². The number of imidazole rings is 1. The van der Waals surface area contributed by atoms with Gasteiger partial charge in [0.25, 0.3) is 0 Å². The van der Waals surface area contributed by atoms with Crippen LogP contribution in [0.4, 0.5) is 5.69 Å². The first-order chi connectivity index (χ1) is 16.2. The van der Waals surface area contributed by atoms with Crippen LogP contribution in [0.15, 0.2) is 48.5 Å². The summed E-state index contributed by atoms with van der Waals surface area (Å²) in [6, 6.07) is 15.1. The summed E-state index contributed by atoms with van der Waals surface area (Å²) < 4.78 is 33.9. The van der Waals surface area contributed by atoms with E-state index in [1.54, 1.807) is 0 Å². The van der Waals surface area contributed by atoms with Gasteiger partial charge >= 0.3 is 0 Å². The number of para-hydroxylation sites is 1. The molecule has 4 rings (SSSR count). The predicted octanol–water partition coefficient (Wildman–Crippen LogP) is 2.09. The van der Waals surface area contributed by atoms with Crippen LogP contribution < -0.4 is 10.1 Å². The minimum Gasteiger partial charge on any atom is -0.493 e. The second-order valence-corrected chi connectivity index (χ2v) is 10.8. The molecule has 34 heavy (non-hydrogen) atoms. The summed E-state index contributed by atoms with van der Waals surface area (Å²) >= 11 is 0. The van der Waals surface area contributed by atoms with Gasteiger partial charge in [-0.3, -0.25) is 9.69 Å². The number of aromatic nitrogens is 2. The zero-order valence-corrected chi connectivity index (χ0v) is 20.6. The van der Waals surface area contributed by atoms with Gasteiger partial charge in [-0.25, -0.2) is 17.7 Å². The van der Waals surface area contributed by atoms with Gasteiger partial charge in [0.1, 0.15) is 11.6 Å². The van der Waals surface area contributed by atoms with E-state index in [1.165, 1.54) is 10.6 Å². The third kappa shape index (κ3) is 5.94. The molecule has 3 aromatic rings. The van der Waals surface area contributed by atoms with Crippen LogP contribution >= 0.6 is 0 Å². The molecule has 0 radical (unpaired) electrons. The molecule has 0 bridgehead atoms. The number of hydrogen-bond acceptors (Lipinski definition) is 6. The molecule has 1 aromatic heterocycles. The van der Waals surface area contributed by atoms with Gasteiger partial charge in [0.2, 0.25) is 15.9 Å². The molecule has 1 aliphatic heterocycles. The van der Waals surface area contributed by atoms with Crippen molar-refractivity contribution in [3.8, 4) is 5.75 Å². The number of hydrogen-bond donors (Lipinski definition) is 1. The van der Waals surface area contributed by atoms with E-state index < -0.39 is 10.0 Å². The molecule has 9 nitrogen and oxygen atoms in total. The van der Waals surface area contributed by atoms with Crippen molar-refractivity contribution in [2.24, 2.45) is 13.0 Å². The van der Waals surface area contributed by atoms with Crippen molar-refractivity contribution >= 4 is 32.7 Å². The maximum Gasteiger partial charge on any atom is 0.238 e. The first-order valence-electron chi connectivity index (χ1n) is 11.3. The summed E-state index contributed by atoms with van der Waals surface area (Å²) in [6.45, 7) is 4.20. The Morgan fingerprint density at radius 3 is 2.65 bits per heavy atom. The number of benzene rings is 2. The highest BCUT2D eigenvalue weighted by atomic mass is 32.2. The van der Waals surface area contributed by atoms with Crippen LogP contribution in [0.3, 0.4) is 0 Å². The Balaban J connectivity index is 1.41. The molecule has 0 unspecified atom stereocenters. The van der Waals surface area contributed by atoms with Crippen molar-refractivity contribution in [3.05, 3.63) is 54.4 Å². The molecule has 1 N–H and O–H groups in total. The minimum atomic E-state index is -3.35. The van der Waals surface area contributed by atoms with Crippen LogP contribution in [-0.2, 0) is 21.9 Å². The van der Waals surface area contributed by atoms with Crippen molar-refractivity contribution in [1.82, 2.24) is 18.8 Å². The molecule has 10 heteroatoms. The number of carbonyl (C=O) groups is 1. The summed E-state index contributed by atoms with van der Waals surface area (Å²) in [7, 11) is -1.39. The van der Waals surface area contributed by atoms with Crippen LogP contribution in [0.25, 0.3) is 11.0 Å². The van der Waals surface area contributed by atoms with Crippen molar-refractivity contribution in [2.75, 3.05) is 50.9 Å². The first kappa shape index (κ1) is 24.2. The van der Waals surface area contributed by atoms with Crippen molar-refractivity contribution in [1.29, 1.82) is 0 Å². The van der Waals surface area contributed by atoms with Gasteiger partial charge in [-0.1, -0.05) is 18.2 Å². The Morgan fingerprint density at radius 1 is 1.15 bits per heavy atom. The Labute approximate surface area is 200 Å². The minimum absolute atomic E-state index is 0.0712. The maximum atomic E-state index is 12.8. The molecule has 1 saturated heterocycles. The third-order valence-electron chi connectivity index (χ3n) is 6.10. The van der Waals surface area contributed by atoms with Gasteiger partial charge in [0.05, 0.1) is 30.4 Å². The second kappa shape index (κ2) is 10.1. The number of anilines is 1. The highest BCUT2D eigenvalue weighted by Gasteiger charge is 2.29. The van der Waals surface area contributed by atoms with Crippen molar-refractivity contribution < 1.29 is 17.9 Å². The number of rotatable bonds is 7. The number of nitrogens with zero attached hydrogens (tertiary/aromatic N) is 4. The van der Waals surface area contributed by atoms with Gasteiger partial charge in [-0.05, 0) is 37.3 Å². The molecule has 1 aliphatic rings. The lowest BCUT2D eigenvalue weighted by Gasteiger charge is -2.24. The maximum absolute atomic E-state index is 12.8. The molecular formula is C24H31N5O4S. The molecule has 0 saturated carbocycles. The predicted molar refractivity (Wildman–Crippen MR) is 132 cm³/mol. The van der Waals surface area contributed by atoms with Gasteiger partial charge in [-0.15, -0.1) is 0 Å². The van der Waals surface area contributed by atoms with Crippen molar-refractivity contribution in [3.63, 3.8) is 0 Å². The Hall–Kier alpha value is -2.95. The summed E-state index contributed by atoms with van der Waals surface area (Å²) in [6.07, 6.45) is 1.22. The number of ether oxygens (including phenoxy) is 1. The van der Waals surface area contributed by atoms with E-state index in [9.17, 15) is 13.2 Å². The molecule has 182 valence electrons. The Morgan fingerprint density at radius 2 is 1.91 bits per heavy atom. The molecule has 2 aromatic carbocycles. The highest BCUT2D eigenvalue weighted by molar-refractivity contribution is 7.88. The van der Waals surface area contributed by atoms with E-state index in [2.05, 4.69) is 10.3 Å². The fraction of sp³-hybridized carbons (Fsp3) is 0.417. The largest absolute Gasteiger partial charge is 0.493 e. The smallest absolute Gasteiger partial charge is 0.238 e. The van der Waals surface area contributed by atoms with Gasteiger partial charge in [0.15, 0.2) is 0 Å². The molecule has 0 aliphatic carbocycles. The Kier molecular flexibility index (Phi) is 7.20. The zero-order valence-electron chi connectivity index (χ0n) is 19.8. The normalized spacial score (nSPS) is 18.0. The number of nitrogens with one attached hydrogen (secondary N) is 1. The molecule has 1 fully saturated rings. The number of carbonyl (C=O) groups excluding carboxylic acids is 1. The summed E-state index contributed by atoms with van der Waals surface area (Å²) in [5.41, 5.74) is 2.52. The molecule has 1 amide bonds. The van der Waals surface area contributed by atoms with E-state index in [0.29, 0.717) is 38.5 Å². The summed E-state index contributed by atoms with van der Waals surface area (Å²) in [5.74, 6) is 1.42. The van der Waals surface area contributed by atoms with E-state index >= 15 is 0 Å². The average molecular weight is 486 g/mol. The second-order valence-electron chi connectivity index (χ2n) is 8.82. The van der Waals surface area contributed by atoms with Gasteiger partial charge < -0.3 is 14.6 Å². The summed E-state index contributed by atoms with van der Waals surface area (Å²) in [4.78, 5) is 19.3. The van der Waals surface area contributed by atoms with Gasteiger partial charge in [0, 0.05) is 44.8 Å². The highest BCUT2D eigenvalue weighted by Crippen LogP contribution is 2.20. The monoisotopic (exact) mass is 485 g/mol. The fourth-order valence-electron chi connectivity index (χ4n) is 4.23. The van der Waals surface area contributed by atoms with Crippen LogP contribution in [0.5, 0.6) is 5.75 Å². The fourth-order valence-corrected chi connectivity index (χ4v) is 5.12. The van der Waals surface area contributed by atoms with Crippen LogP contribution in [0, 0.1) is 12.8 Å². The lowest BCUT2D eigenvalue weighted by molar-refractivity contribution is -0.117. The van der Waals surface area contributed by atoms with E-state index in [-0.39, 0.29) is 18.4 Å². The SMILES string of the molecule is Cc1nc2cc(NC(=O)CN3CCN(S(C)(=O)=O)C[C@H](COc4ccccc4)C3)ccc2n1C. The zero-order chi connectivity index (χ0) is 24.3. The average Bonchev–Trinajstić information content (AvgIpc) is 2.94. The van der Waals surface area contributed by atoms with Crippen molar-refractivity contribution in [2.45, 2.75) is 6.92 Å². The molecule has 0 spiro atoms. The number of amides is 1. The van der Waals surface area contributed by atoms with E-state index in [4.69, 9.17) is 4.74 Å². The Bertz CT molecular complexity index is 1260. The first-order valence-corrected chi connectivity index (χ1v) is 13.1. The lowest BCUT2D eigenvalue weighted by atomic mass is 10.1. The van der Waals surface area contributed by atoms with E-state index in [1.807, 2.05) is 72.0 Å². The topological polar surface area (TPSA) is 96.8 Å². The van der Waals surface area contributed by atoms with Gasteiger partial charge in [-0.2, -0.15) is 0 Å². The third-order valence-corrected chi connectivity index (χ3v) is 7.37. The summed E-state index contributed by atoms with van der Waals surface area (Å²) in [5, 5.41) is 2.95. The molecule has 1 atom stereocenters. The standard InChI is InChI=1S/C24H31N5O4S/c1-18-25-22-13-20(9-10-23(22)27(18)2)26-24(30)16-28-11-12-29(34(3,31)32)15-19(14-28)17-33-21-7-5-4-6-8-21/h4-10,13,19H,11-12,14-17H2,1-3H3,(H,26,30)/t19-/m1/s1. The van der Waals surface area contributed by atoms with Crippen LogP contribution in [-0.4, -0.2) is 78.7 Å². The molecule has 2 heterocycles. The van der Waals surface area contributed by atoms with Crippen LogP contribution in [0.1, 0.15) is 5.82 Å².